The average Bonchev–Trinajstić information content (AvgIpc) is 0.785. The molecule has 18 rings (SSSR count). The van der Waals surface area contributed by atoms with Gasteiger partial charge in [-0.25, -0.2) is 19.9 Å². The summed E-state index contributed by atoms with van der Waals surface area (Å²) in [5, 5.41) is 0. The van der Waals surface area contributed by atoms with Crippen LogP contribution in [-0.4, -0.2) is 49.8 Å². The summed E-state index contributed by atoms with van der Waals surface area (Å²) < 4.78 is 110. The monoisotopic (exact) mass is 2440 g/mol. The van der Waals surface area contributed by atoms with Crippen molar-refractivity contribution in [1.29, 1.82) is 0 Å². The van der Waals surface area contributed by atoms with Crippen molar-refractivity contribution in [2.24, 2.45) is 0 Å². The van der Waals surface area contributed by atoms with Crippen LogP contribution in [0.1, 0.15) is 25.2 Å². The molecular formula is C101H64F8N12Pt4S2. The molecule has 0 spiro atoms. The molecule has 0 aliphatic rings. The van der Waals surface area contributed by atoms with Crippen LogP contribution in [0.2, 0.25) is 0 Å². The van der Waals surface area contributed by atoms with Crippen molar-refractivity contribution in [1.82, 2.24) is 49.8 Å². The van der Waals surface area contributed by atoms with Crippen LogP contribution >= 0.6 is 0 Å². The fourth-order valence-corrected chi connectivity index (χ4v) is 13.1. The summed E-state index contributed by atoms with van der Waals surface area (Å²) in [6.45, 7) is 3.75. The Bertz CT molecular complexity index is 6270. The van der Waals surface area contributed by atoms with E-state index < -0.39 is 52.0 Å². The predicted octanol–water partition coefficient (Wildman–Crippen LogP) is 24.7. The number of rotatable bonds is 16. The van der Waals surface area contributed by atoms with Crippen LogP contribution in [0.5, 0.6) is 0 Å². The quantitative estimate of drug-likeness (QED) is 0.0516. The molecule has 127 heavy (non-hydrogen) atoms. The van der Waals surface area contributed by atoms with Crippen molar-refractivity contribution in [2.75, 3.05) is 9.80 Å². The second-order valence-electron chi connectivity index (χ2n) is 27.2. The molecule has 10 aromatic carbocycles. The molecule has 0 saturated carbocycles. The van der Waals surface area contributed by atoms with Crippen molar-refractivity contribution in [3.05, 3.63) is 447 Å². The van der Waals surface area contributed by atoms with E-state index in [0.29, 0.717) is 40.1 Å². The van der Waals surface area contributed by atoms with Gasteiger partial charge in [0.25, 0.3) is 0 Å². The van der Waals surface area contributed by atoms with Gasteiger partial charge in [-0.15, -0.1) is 120 Å². The zero-order valence-electron chi connectivity index (χ0n) is 66.5. The first-order valence-electron chi connectivity index (χ1n) is 37.9. The summed E-state index contributed by atoms with van der Waals surface area (Å²) in [5.74, 6) is -3.64. The Balaban J connectivity index is 0.000000172. The van der Waals surface area contributed by atoms with Gasteiger partial charge in [-0.05, 0) is 132 Å². The van der Waals surface area contributed by atoms with Gasteiger partial charge >= 0.3 is 84.3 Å². The van der Waals surface area contributed by atoms with Crippen LogP contribution in [0.3, 0.4) is 0 Å². The second-order valence-corrected chi connectivity index (χ2v) is 28.1. The maximum Gasteiger partial charge on any atom is 2.00 e. The van der Waals surface area contributed by atoms with Crippen molar-refractivity contribution < 1.29 is 119 Å². The molecule has 0 atom stereocenters. The molecule has 12 nitrogen and oxygen atoms in total. The van der Waals surface area contributed by atoms with Crippen LogP contribution in [0.15, 0.2) is 362 Å². The minimum atomic E-state index is -0.789. The van der Waals surface area contributed by atoms with Gasteiger partial charge in [0.05, 0.1) is 11.4 Å². The van der Waals surface area contributed by atoms with Gasteiger partial charge in [0.2, 0.25) is 0 Å². The van der Waals surface area contributed by atoms with Gasteiger partial charge in [0.1, 0.15) is 35.9 Å². The standard InChI is InChI=1S/C28H15F4N3.C28H19N3.C25H16F4N2.2C10H8N2S.4Pt/c29-18-12-14-21(23(31)16-18)25-8-4-10-27(33-25)35(20-6-2-1-3-7-20)28-11-5-9-26(34-28)22-15-13-19(30)17-24(22)32;1-4-12-22(13-5-1)25-18-10-20-27(29-25)31(24-16-8-3-9-17-24)28-21-11-19-26(30-28)23-14-6-2-7-15-23;1-25(2,23-7-3-5-21(30-23)17-11-9-15(26)13-19(17)28)24-8-4-6-22(31-24)18-12-10-16(27)14-20(18)29;2*13-10-4-2-1-3-8(10)9-5-6-11-7-12-9;;;;/h1-13,16-17H;1-12,14,16-21H;3-10,13-14H,1-2H3;2*1-7,13H;;;;/q3*-2;;;4*+2/p-2. The molecule has 0 aliphatic carbocycles. The molecule has 8 aromatic heterocycles. The topological polar surface area (TPSA) is 135 Å². The summed E-state index contributed by atoms with van der Waals surface area (Å²) in [5.41, 5.74) is 10.7. The number of halogens is 8. The number of pyridine rings is 6. The Hall–Kier alpha value is -12.5. The fourth-order valence-electron chi connectivity index (χ4n) is 12.6. The maximum atomic E-state index is 14.4. The Morgan fingerprint density at radius 3 is 0.874 bits per heavy atom. The molecule has 0 saturated heterocycles. The largest absolute Gasteiger partial charge is 2.00 e. The molecule has 18 aromatic rings. The third-order valence-electron chi connectivity index (χ3n) is 18.6. The number of hydrogen-bond donors (Lipinski definition) is 0. The van der Waals surface area contributed by atoms with Crippen LogP contribution in [0, 0.1) is 82.9 Å². The number of anilines is 6. The van der Waals surface area contributed by atoms with Crippen LogP contribution in [0.4, 0.5) is 69.8 Å². The summed E-state index contributed by atoms with van der Waals surface area (Å²) in [7, 11) is 0. The number of nitrogens with zero attached hydrogens (tertiary/aromatic N) is 12. The Labute approximate surface area is 797 Å². The van der Waals surface area contributed by atoms with Crippen molar-refractivity contribution in [3.8, 4) is 90.1 Å². The van der Waals surface area contributed by atoms with E-state index in [1.165, 1.54) is 12.7 Å². The summed E-state index contributed by atoms with van der Waals surface area (Å²) >= 11 is 10.3. The van der Waals surface area contributed by atoms with E-state index in [1.807, 2.05) is 208 Å². The molecule has 0 bridgehead atoms. The van der Waals surface area contributed by atoms with E-state index in [-0.39, 0.29) is 118 Å². The molecule has 26 heteroatoms. The Morgan fingerprint density at radius 2 is 0.575 bits per heavy atom. The number of aromatic nitrogens is 10. The minimum absolute atomic E-state index is 0. The summed E-state index contributed by atoms with van der Waals surface area (Å²) in [6.07, 6.45) is 6.47. The zero-order chi connectivity index (χ0) is 85.6. The van der Waals surface area contributed by atoms with E-state index in [9.17, 15) is 35.1 Å². The molecule has 0 amide bonds. The predicted molar refractivity (Wildman–Crippen MR) is 466 cm³/mol. The molecule has 0 unspecified atom stereocenters. The first kappa shape index (κ1) is 96.7. The molecule has 0 fully saturated rings. The minimum Gasteiger partial charge on any atom is -0.779 e. The first-order chi connectivity index (χ1) is 59.9. The molecule has 0 aliphatic heterocycles. The number of para-hydroxylation sites is 2. The van der Waals surface area contributed by atoms with Crippen molar-refractivity contribution >= 4 is 59.9 Å². The van der Waals surface area contributed by atoms with Crippen LogP contribution in [0.25, 0.3) is 90.1 Å². The zero-order valence-corrected chi connectivity index (χ0v) is 77.2. The van der Waals surface area contributed by atoms with Gasteiger partial charge in [0, 0.05) is 87.1 Å². The maximum absolute atomic E-state index is 14.4. The molecular weight excluding hydrogens is 2380 g/mol. The normalized spacial score (nSPS) is 10.4. The van der Waals surface area contributed by atoms with E-state index in [2.05, 4.69) is 93.3 Å². The Morgan fingerprint density at radius 1 is 0.283 bits per heavy atom. The summed E-state index contributed by atoms with van der Waals surface area (Å²) in [4.78, 5) is 49.5. The first-order valence-corrected chi connectivity index (χ1v) is 38.7. The SMILES string of the molecule is CC(C)(c1cccc(-c2[c-]cc(F)cc2F)n1)c1cccc(-c2[c-]cc(F)cc2F)n1.Fc1c[c-]c(-c2cccc(N(c3ccccc3)c3cccc(-c4[c-]cc(F)cc4F)n3)n2)c(F)c1.[Pt+2].[Pt+2].[Pt+2].[Pt+2].[S-]c1ccccc1-c1ccncn1.[S-]c1ccccc1-c1ccncn1.[c-]1ccccc1-c1cccc(N(c2ccccc2)c2cccc(-c3[c-]cccc3)n2)n1. The second kappa shape index (κ2) is 46.6. The molecule has 636 valence electrons. The van der Waals surface area contributed by atoms with Crippen molar-refractivity contribution in [3.63, 3.8) is 0 Å². The molecule has 8 heterocycles. The van der Waals surface area contributed by atoms with E-state index in [0.717, 1.165) is 121 Å². The Kier molecular flexibility index (Phi) is 35.5. The number of benzene rings is 10. The van der Waals surface area contributed by atoms with Gasteiger partial charge < -0.3 is 35.2 Å². The van der Waals surface area contributed by atoms with Crippen molar-refractivity contribution in [2.45, 2.75) is 29.1 Å². The van der Waals surface area contributed by atoms with Gasteiger partial charge in [-0.2, -0.15) is 9.79 Å². The fraction of sp³-hybridized carbons (Fsp3) is 0.0297. The number of hydrogen-bond acceptors (Lipinski definition) is 14. The third-order valence-corrected chi connectivity index (χ3v) is 19.3. The smallest absolute Gasteiger partial charge is 0.779 e. The van der Waals surface area contributed by atoms with E-state index >= 15 is 0 Å². The molecule has 0 N–H and O–H groups in total. The summed E-state index contributed by atoms with van der Waals surface area (Å²) in [6, 6.07) is 111. The van der Waals surface area contributed by atoms with E-state index in [1.54, 1.807) is 90.1 Å². The molecule has 0 radical (unpaired) electrons. The van der Waals surface area contributed by atoms with Crippen LogP contribution < -0.4 is 9.80 Å². The average molecular weight is 2440 g/mol. The van der Waals surface area contributed by atoms with E-state index in [4.69, 9.17) is 35.2 Å². The van der Waals surface area contributed by atoms with Gasteiger partial charge in [-0.3, -0.25) is 64.9 Å². The van der Waals surface area contributed by atoms with Crippen LogP contribution in [-0.2, 0) is 115 Å². The van der Waals surface area contributed by atoms with Gasteiger partial charge in [-0.1, -0.05) is 204 Å². The third kappa shape index (κ3) is 25.0. The van der Waals surface area contributed by atoms with Gasteiger partial charge in [0.15, 0.2) is 0 Å².